The Morgan fingerprint density at radius 1 is 1.44 bits per heavy atom. The molecule has 1 N–H and O–H groups in total. The largest absolute Gasteiger partial charge is 0.460 e. The summed E-state index contributed by atoms with van der Waals surface area (Å²) in [6, 6.07) is 0. The van der Waals surface area contributed by atoms with Crippen molar-refractivity contribution in [1.29, 1.82) is 0 Å². The molecule has 1 amide bonds. The van der Waals surface area contributed by atoms with E-state index in [2.05, 4.69) is 17.9 Å². The summed E-state index contributed by atoms with van der Waals surface area (Å²) < 4.78 is 4.46. The van der Waals surface area contributed by atoms with Crippen LogP contribution in [0.25, 0.3) is 0 Å². The van der Waals surface area contributed by atoms with Crippen molar-refractivity contribution >= 4 is 11.9 Å². The summed E-state index contributed by atoms with van der Waals surface area (Å²) in [5.74, 6) is -0.510. The van der Waals surface area contributed by atoms with Crippen molar-refractivity contribution in [3.05, 3.63) is 24.8 Å². The molecule has 0 rings (SSSR count). The van der Waals surface area contributed by atoms with Crippen LogP contribution in [-0.2, 0) is 14.3 Å². The highest BCUT2D eigenvalue weighted by atomic mass is 16.5. The van der Waals surface area contributed by atoms with Crippen molar-refractivity contribution in [3.8, 4) is 0 Å². The van der Waals surface area contributed by atoms with E-state index in [0.717, 1.165) is 0 Å². The van der Waals surface area contributed by atoms with Crippen LogP contribution in [0.5, 0.6) is 0 Å². The van der Waals surface area contributed by atoms with Crippen molar-refractivity contribution < 1.29 is 19.4 Å². The zero-order chi connectivity index (χ0) is 13.1. The van der Waals surface area contributed by atoms with Crippen molar-refractivity contribution in [2.24, 2.45) is 0 Å². The molecule has 0 aliphatic carbocycles. The standard InChI is InChI=1S/C6H10O3.C5H9NO/c1-5(2)6(8)9-4-3-7;1-4-5(7)6(2)3/h7H,1,3-4H2,2H3;4H,1H2,2-3H3. The maximum Gasteiger partial charge on any atom is 0.333 e. The van der Waals surface area contributed by atoms with E-state index < -0.39 is 5.97 Å². The molecule has 16 heavy (non-hydrogen) atoms. The predicted molar refractivity (Wildman–Crippen MR) is 61.7 cm³/mol. The molecule has 0 spiro atoms. The van der Waals surface area contributed by atoms with Crippen LogP contribution in [0.1, 0.15) is 6.92 Å². The Morgan fingerprint density at radius 3 is 2.12 bits per heavy atom. The highest BCUT2D eigenvalue weighted by molar-refractivity contribution is 5.87. The maximum atomic E-state index is 10.5. The van der Waals surface area contributed by atoms with E-state index >= 15 is 0 Å². The first-order valence-corrected chi connectivity index (χ1v) is 4.64. The van der Waals surface area contributed by atoms with Crippen LogP contribution in [0, 0.1) is 0 Å². The zero-order valence-corrected chi connectivity index (χ0v) is 10.0. The van der Waals surface area contributed by atoms with Crippen LogP contribution >= 0.6 is 0 Å². The molecule has 0 aromatic heterocycles. The Labute approximate surface area is 96.0 Å². The molecule has 0 aromatic rings. The molecule has 0 aromatic carbocycles. The molecule has 5 nitrogen and oxygen atoms in total. The van der Waals surface area contributed by atoms with Gasteiger partial charge in [-0.15, -0.1) is 0 Å². The average Bonchev–Trinajstić information content (AvgIpc) is 2.25. The number of likely N-dealkylation sites (N-methyl/N-ethyl adjacent to an activating group) is 1. The van der Waals surface area contributed by atoms with Gasteiger partial charge in [-0.25, -0.2) is 4.79 Å². The molecule has 0 aliphatic rings. The summed E-state index contributed by atoms with van der Waals surface area (Å²) in [6.45, 7) is 8.11. The number of aliphatic hydroxyl groups is 1. The normalized spacial score (nSPS) is 8.25. The minimum atomic E-state index is -0.455. The van der Waals surface area contributed by atoms with E-state index in [1.54, 1.807) is 21.0 Å². The van der Waals surface area contributed by atoms with Crippen LogP contribution in [0.2, 0.25) is 0 Å². The fourth-order valence-corrected chi connectivity index (χ4v) is 0.444. The lowest BCUT2D eigenvalue weighted by molar-refractivity contribution is -0.139. The molecular weight excluding hydrogens is 210 g/mol. The summed E-state index contributed by atoms with van der Waals surface area (Å²) >= 11 is 0. The predicted octanol–water partition coefficient (Wildman–Crippen LogP) is 0.359. The average molecular weight is 229 g/mol. The number of esters is 1. The third kappa shape index (κ3) is 10.5. The number of amides is 1. The number of nitrogens with zero attached hydrogens (tertiary/aromatic N) is 1. The van der Waals surface area contributed by atoms with Gasteiger partial charge in [-0.1, -0.05) is 13.2 Å². The van der Waals surface area contributed by atoms with Crippen molar-refractivity contribution in [2.75, 3.05) is 27.3 Å². The molecule has 92 valence electrons. The van der Waals surface area contributed by atoms with Gasteiger partial charge in [0.05, 0.1) is 6.61 Å². The third-order valence-corrected chi connectivity index (χ3v) is 1.29. The van der Waals surface area contributed by atoms with E-state index in [4.69, 9.17) is 5.11 Å². The van der Waals surface area contributed by atoms with Crippen molar-refractivity contribution in [2.45, 2.75) is 6.92 Å². The quantitative estimate of drug-likeness (QED) is 0.558. The van der Waals surface area contributed by atoms with Crippen LogP contribution in [0.15, 0.2) is 24.8 Å². The highest BCUT2D eigenvalue weighted by Crippen LogP contribution is 1.89. The second kappa shape index (κ2) is 9.92. The van der Waals surface area contributed by atoms with Crippen LogP contribution < -0.4 is 0 Å². The number of hydrogen-bond acceptors (Lipinski definition) is 4. The summed E-state index contributed by atoms with van der Waals surface area (Å²) in [5, 5.41) is 8.19. The first-order valence-electron chi connectivity index (χ1n) is 4.64. The monoisotopic (exact) mass is 229 g/mol. The zero-order valence-electron chi connectivity index (χ0n) is 10.0. The Morgan fingerprint density at radius 2 is 1.94 bits per heavy atom. The summed E-state index contributed by atoms with van der Waals surface area (Å²) in [6.07, 6.45) is 1.28. The third-order valence-electron chi connectivity index (χ3n) is 1.29. The molecule has 0 atom stereocenters. The molecular formula is C11H19NO4. The van der Waals surface area contributed by atoms with E-state index in [9.17, 15) is 9.59 Å². The minimum Gasteiger partial charge on any atom is -0.460 e. The van der Waals surface area contributed by atoms with Crippen LogP contribution in [0.4, 0.5) is 0 Å². The minimum absolute atomic E-state index is 0.0473. The number of rotatable bonds is 4. The Balaban J connectivity index is 0. The lowest BCUT2D eigenvalue weighted by Gasteiger charge is -2.03. The second-order valence-electron chi connectivity index (χ2n) is 3.08. The van der Waals surface area contributed by atoms with Gasteiger partial charge >= 0.3 is 5.97 Å². The van der Waals surface area contributed by atoms with Gasteiger partial charge < -0.3 is 14.7 Å². The van der Waals surface area contributed by atoms with E-state index in [1.165, 1.54) is 11.0 Å². The van der Waals surface area contributed by atoms with Crippen molar-refractivity contribution in [3.63, 3.8) is 0 Å². The molecule has 0 saturated heterocycles. The summed E-state index contributed by atoms with van der Waals surface area (Å²) in [5.41, 5.74) is 0.350. The topological polar surface area (TPSA) is 66.8 Å². The van der Waals surface area contributed by atoms with Crippen LogP contribution in [-0.4, -0.2) is 49.2 Å². The Hall–Kier alpha value is -1.62. The molecule has 0 fully saturated rings. The summed E-state index contributed by atoms with van der Waals surface area (Å²) in [7, 11) is 3.37. The fourth-order valence-electron chi connectivity index (χ4n) is 0.444. The van der Waals surface area contributed by atoms with E-state index in [1.807, 2.05) is 0 Å². The van der Waals surface area contributed by atoms with Crippen molar-refractivity contribution in [1.82, 2.24) is 4.90 Å². The molecule has 0 heterocycles. The van der Waals surface area contributed by atoms with E-state index in [0.29, 0.717) is 5.57 Å². The molecule has 0 unspecified atom stereocenters. The SMILES string of the molecule is C=C(C)C(=O)OCCO.C=CC(=O)N(C)C. The molecule has 0 bridgehead atoms. The van der Waals surface area contributed by atoms with Gasteiger partial charge in [-0.3, -0.25) is 4.79 Å². The number of carbonyl (C=O) groups is 2. The lowest BCUT2D eigenvalue weighted by atomic mass is 10.4. The van der Waals surface area contributed by atoms with Gasteiger partial charge in [-0.2, -0.15) is 0 Å². The van der Waals surface area contributed by atoms with Gasteiger partial charge in [-0.05, 0) is 13.0 Å². The fraction of sp³-hybridized carbons (Fsp3) is 0.455. The molecule has 5 heteroatoms. The first-order chi connectivity index (χ1) is 7.36. The molecule has 0 radical (unpaired) electrons. The van der Waals surface area contributed by atoms with Gasteiger partial charge in [0, 0.05) is 19.7 Å². The Bertz CT molecular complexity index is 259. The maximum absolute atomic E-state index is 10.5. The molecule has 0 aliphatic heterocycles. The number of hydrogen-bond donors (Lipinski definition) is 1. The number of carbonyl (C=O) groups excluding carboxylic acids is 2. The van der Waals surface area contributed by atoms with Gasteiger partial charge in [0.1, 0.15) is 6.61 Å². The van der Waals surface area contributed by atoms with Gasteiger partial charge in [0.15, 0.2) is 0 Å². The number of ether oxygens (including phenoxy) is 1. The van der Waals surface area contributed by atoms with Gasteiger partial charge in [0.25, 0.3) is 0 Å². The second-order valence-corrected chi connectivity index (χ2v) is 3.08. The van der Waals surface area contributed by atoms with Crippen LogP contribution in [0.3, 0.4) is 0 Å². The smallest absolute Gasteiger partial charge is 0.333 e. The Kier molecular flexibility index (Phi) is 10.4. The van der Waals surface area contributed by atoms with E-state index in [-0.39, 0.29) is 19.1 Å². The lowest BCUT2D eigenvalue weighted by Crippen LogP contribution is -2.18. The number of aliphatic hydroxyl groups excluding tert-OH is 1. The molecule has 0 saturated carbocycles. The summed E-state index contributed by atoms with van der Waals surface area (Å²) in [4.78, 5) is 22.3. The highest BCUT2D eigenvalue weighted by Gasteiger charge is 1.99. The first kappa shape index (κ1) is 16.8. The van der Waals surface area contributed by atoms with Gasteiger partial charge in [0.2, 0.25) is 5.91 Å².